The van der Waals surface area contributed by atoms with E-state index in [0.717, 1.165) is 38.1 Å². The number of hydrogen-bond acceptors (Lipinski definition) is 4. The number of fused-ring (bicyclic) bond motifs is 3. The molecule has 0 saturated carbocycles. The lowest BCUT2D eigenvalue weighted by Crippen LogP contribution is -2.49. The summed E-state index contributed by atoms with van der Waals surface area (Å²) in [6.45, 7) is 3.72. The van der Waals surface area contributed by atoms with Crippen LogP contribution in [0.15, 0.2) is 18.2 Å². The summed E-state index contributed by atoms with van der Waals surface area (Å²) in [4.78, 5) is 2.50. The van der Waals surface area contributed by atoms with E-state index in [1.54, 1.807) is 25.4 Å². The van der Waals surface area contributed by atoms with Crippen LogP contribution in [0.1, 0.15) is 36.9 Å². The molecule has 0 radical (unpaired) electrons. The summed E-state index contributed by atoms with van der Waals surface area (Å²) in [6.07, 6.45) is 2.82. The Bertz CT molecular complexity index is 680. The normalized spacial score (nSPS) is 24.0. The first-order chi connectivity index (χ1) is 11.0. The molecule has 0 amide bonds. The maximum Gasteiger partial charge on any atom is 0.213 e. The summed E-state index contributed by atoms with van der Waals surface area (Å²) >= 11 is 0. The number of methoxy groups -OCH3 is 1. The Hall–Kier alpha value is -0.820. The van der Waals surface area contributed by atoms with Crippen LogP contribution in [0.2, 0.25) is 0 Å². The highest BCUT2D eigenvalue weighted by Gasteiger charge is 2.37. The van der Waals surface area contributed by atoms with Crippen LogP contribution in [-0.2, 0) is 16.4 Å². The number of ether oxygens (including phenoxy) is 1. The van der Waals surface area contributed by atoms with E-state index in [2.05, 4.69) is 17.0 Å². The largest absolute Gasteiger partial charge is 0.497 e. The zero-order valence-corrected chi connectivity index (χ0v) is 16.2. The van der Waals surface area contributed by atoms with E-state index in [9.17, 15) is 8.42 Å². The first-order valence-electron chi connectivity index (χ1n) is 8.33. The van der Waals surface area contributed by atoms with Crippen molar-refractivity contribution in [1.29, 1.82) is 0 Å². The maximum atomic E-state index is 12.2. The van der Waals surface area contributed by atoms with Gasteiger partial charge < -0.3 is 4.74 Å². The first kappa shape index (κ1) is 19.5. The van der Waals surface area contributed by atoms with Gasteiger partial charge in [0, 0.05) is 32.2 Å². The van der Waals surface area contributed by atoms with E-state index in [0.29, 0.717) is 6.04 Å². The monoisotopic (exact) mass is 374 g/mol. The van der Waals surface area contributed by atoms with Crippen LogP contribution in [0.25, 0.3) is 0 Å². The molecule has 24 heavy (non-hydrogen) atoms. The van der Waals surface area contributed by atoms with Crippen molar-refractivity contribution < 1.29 is 13.2 Å². The summed E-state index contributed by atoms with van der Waals surface area (Å²) in [5, 5.41) is 0. The molecule has 2 aliphatic heterocycles. The van der Waals surface area contributed by atoms with Crippen molar-refractivity contribution in [3.8, 4) is 5.75 Å². The number of halogens is 1. The van der Waals surface area contributed by atoms with Gasteiger partial charge in [-0.1, -0.05) is 6.07 Å². The standard InChI is InChI=1S/C17H26N2O3S.ClH/c1-4-23(20,21)18(2)14-8-10-19-9-7-13-11-15(22-3)5-6-16(13)17(19)12-14;/h5-6,11,14,17H,4,7-10,12H2,1-3H3;1H. The molecular formula is C17H27ClN2O3S. The zero-order valence-electron chi connectivity index (χ0n) is 14.6. The van der Waals surface area contributed by atoms with Crippen molar-refractivity contribution in [2.24, 2.45) is 0 Å². The minimum atomic E-state index is -3.13. The van der Waals surface area contributed by atoms with E-state index in [1.165, 1.54) is 11.1 Å². The van der Waals surface area contributed by atoms with Crippen molar-refractivity contribution in [3.05, 3.63) is 29.3 Å². The highest BCUT2D eigenvalue weighted by Crippen LogP contribution is 2.39. The van der Waals surface area contributed by atoms with E-state index in [4.69, 9.17) is 4.74 Å². The van der Waals surface area contributed by atoms with Crippen LogP contribution in [0, 0.1) is 0 Å². The lowest BCUT2D eigenvalue weighted by atomic mass is 9.85. The van der Waals surface area contributed by atoms with E-state index < -0.39 is 10.0 Å². The van der Waals surface area contributed by atoms with Gasteiger partial charge in [0.15, 0.2) is 0 Å². The van der Waals surface area contributed by atoms with Gasteiger partial charge in [-0.15, -0.1) is 12.4 Å². The molecule has 136 valence electrons. The van der Waals surface area contributed by atoms with Crippen molar-refractivity contribution >= 4 is 22.4 Å². The zero-order chi connectivity index (χ0) is 16.6. The Balaban J connectivity index is 0.00000208. The third kappa shape index (κ3) is 3.57. The third-order valence-electron chi connectivity index (χ3n) is 5.38. The fourth-order valence-corrected chi connectivity index (χ4v) is 4.92. The molecule has 0 N–H and O–H groups in total. The van der Waals surface area contributed by atoms with Gasteiger partial charge in [0.25, 0.3) is 0 Å². The van der Waals surface area contributed by atoms with Gasteiger partial charge in [-0.2, -0.15) is 0 Å². The van der Waals surface area contributed by atoms with Gasteiger partial charge in [0.2, 0.25) is 10.0 Å². The molecule has 0 bridgehead atoms. The van der Waals surface area contributed by atoms with Crippen molar-refractivity contribution in [1.82, 2.24) is 9.21 Å². The Morgan fingerprint density at radius 2 is 2.08 bits per heavy atom. The lowest BCUT2D eigenvalue weighted by Gasteiger charge is -2.45. The van der Waals surface area contributed by atoms with E-state index in [1.807, 2.05) is 6.07 Å². The smallest absolute Gasteiger partial charge is 0.213 e. The molecule has 2 unspecified atom stereocenters. The molecule has 0 aromatic heterocycles. The molecule has 0 aliphatic carbocycles. The molecule has 5 nitrogen and oxygen atoms in total. The topological polar surface area (TPSA) is 49.9 Å². The predicted molar refractivity (Wildman–Crippen MR) is 98.5 cm³/mol. The minimum absolute atomic E-state index is 0. The molecule has 2 aliphatic rings. The summed E-state index contributed by atoms with van der Waals surface area (Å²) in [7, 11) is 0.297. The summed E-state index contributed by atoms with van der Waals surface area (Å²) in [5.74, 6) is 1.07. The molecule has 3 rings (SSSR count). The molecule has 2 atom stereocenters. The number of piperidine rings is 1. The lowest BCUT2D eigenvalue weighted by molar-refractivity contribution is 0.0969. The quantitative estimate of drug-likeness (QED) is 0.812. The molecule has 7 heteroatoms. The Labute approximate surface area is 151 Å². The minimum Gasteiger partial charge on any atom is -0.497 e. The summed E-state index contributed by atoms with van der Waals surface area (Å²) in [6, 6.07) is 6.70. The molecule has 1 aromatic carbocycles. The van der Waals surface area contributed by atoms with Crippen molar-refractivity contribution in [3.63, 3.8) is 0 Å². The van der Waals surface area contributed by atoms with E-state index in [-0.39, 0.29) is 24.2 Å². The van der Waals surface area contributed by atoms with Gasteiger partial charge in [-0.3, -0.25) is 4.90 Å². The predicted octanol–water partition coefficient (Wildman–Crippen LogP) is 2.46. The summed E-state index contributed by atoms with van der Waals surface area (Å²) < 4.78 is 31.3. The van der Waals surface area contributed by atoms with Gasteiger partial charge >= 0.3 is 0 Å². The molecule has 1 aromatic rings. The highest BCUT2D eigenvalue weighted by molar-refractivity contribution is 7.89. The van der Waals surface area contributed by atoms with Gasteiger partial charge in [0.1, 0.15) is 5.75 Å². The SMILES string of the molecule is CCS(=O)(=O)N(C)C1CCN2CCc3cc(OC)ccc3C2C1.Cl. The van der Waals surface area contributed by atoms with Crippen LogP contribution >= 0.6 is 12.4 Å². The molecule has 1 saturated heterocycles. The molecular weight excluding hydrogens is 348 g/mol. The Morgan fingerprint density at radius 1 is 1.33 bits per heavy atom. The number of nitrogens with zero attached hydrogens (tertiary/aromatic N) is 2. The number of hydrogen-bond donors (Lipinski definition) is 0. The fraction of sp³-hybridized carbons (Fsp3) is 0.647. The molecule has 2 heterocycles. The second kappa shape index (κ2) is 7.60. The van der Waals surface area contributed by atoms with Crippen LogP contribution in [0.5, 0.6) is 5.75 Å². The van der Waals surface area contributed by atoms with Gasteiger partial charge in [-0.25, -0.2) is 12.7 Å². The van der Waals surface area contributed by atoms with Gasteiger partial charge in [0.05, 0.1) is 12.9 Å². The number of sulfonamides is 1. The Morgan fingerprint density at radius 3 is 2.75 bits per heavy atom. The number of rotatable bonds is 4. The maximum absolute atomic E-state index is 12.2. The summed E-state index contributed by atoms with van der Waals surface area (Å²) in [5.41, 5.74) is 2.68. The Kier molecular flexibility index (Phi) is 6.18. The van der Waals surface area contributed by atoms with Crippen molar-refractivity contribution in [2.75, 3.05) is 33.0 Å². The van der Waals surface area contributed by atoms with Crippen LogP contribution in [-0.4, -0.2) is 56.7 Å². The second-order valence-corrected chi connectivity index (χ2v) is 8.78. The van der Waals surface area contributed by atoms with E-state index >= 15 is 0 Å². The van der Waals surface area contributed by atoms with Crippen LogP contribution in [0.3, 0.4) is 0 Å². The third-order valence-corrected chi connectivity index (χ3v) is 7.29. The number of benzene rings is 1. The molecule has 1 fully saturated rings. The van der Waals surface area contributed by atoms with Crippen molar-refractivity contribution in [2.45, 2.75) is 38.3 Å². The van der Waals surface area contributed by atoms with Crippen LogP contribution < -0.4 is 4.74 Å². The second-order valence-electron chi connectivity index (χ2n) is 6.46. The highest BCUT2D eigenvalue weighted by atomic mass is 35.5. The van der Waals surface area contributed by atoms with Gasteiger partial charge in [-0.05, 0) is 49.4 Å². The molecule has 0 spiro atoms. The average Bonchev–Trinajstić information content (AvgIpc) is 2.59. The fourth-order valence-electron chi connectivity index (χ4n) is 3.86. The average molecular weight is 375 g/mol. The first-order valence-corrected chi connectivity index (χ1v) is 9.93. The van der Waals surface area contributed by atoms with Crippen LogP contribution in [0.4, 0.5) is 0 Å².